The number of para-hydroxylation sites is 1. The molecule has 1 heterocycles. The van der Waals surface area contributed by atoms with E-state index >= 15 is 0 Å². The second-order valence-corrected chi connectivity index (χ2v) is 7.21. The summed E-state index contributed by atoms with van der Waals surface area (Å²) in [5, 5.41) is 2.84. The molecule has 28 heavy (non-hydrogen) atoms. The van der Waals surface area contributed by atoms with Gasteiger partial charge in [-0.25, -0.2) is 4.39 Å². The van der Waals surface area contributed by atoms with Crippen molar-refractivity contribution in [2.75, 3.05) is 25.1 Å². The van der Waals surface area contributed by atoms with E-state index < -0.39 is 0 Å². The predicted molar refractivity (Wildman–Crippen MR) is 107 cm³/mol. The fourth-order valence-electron chi connectivity index (χ4n) is 3.58. The van der Waals surface area contributed by atoms with E-state index in [-0.39, 0.29) is 36.9 Å². The molecule has 3 rings (SSSR count). The van der Waals surface area contributed by atoms with E-state index in [2.05, 4.69) is 5.32 Å². The van der Waals surface area contributed by atoms with Gasteiger partial charge >= 0.3 is 0 Å². The van der Waals surface area contributed by atoms with Crippen LogP contribution in [0, 0.1) is 5.82 Å². The highest BCUT2D eigenvalue weighted by atomic mass is 19.1. The zero-order valence-electron chi connectivity index (χ0n) is 16.6. The molecule has 0 unspecified atom stereocenters. The molecule has 0 spiro atoms. The minimum atomic E-state index is -0.280. The van der Waals surface area contributed by atoms with Crippen molar-refractivity contribution in [3.8, 4) is 5.75 Å². The molecular formula is C22H27FN2O3. The van der Waals surface area contributed by atoms with Crippen molar-refractivity contribution in [2.45, 2.75) is 39.0 Å². The Bertz CT molecular complexity index is 817. The molecule has 6 heteroatoms. The van der Waals surface area contributed by atoms with E-state index in [4.69, 9.17) is 9.47 Å². The van der Waals surface area contributed by atoms with Crippen LogP contribution in [0.4, 0.5) is 10.1 Å². The van der Waals surface area contributed by atoms with Crippen LogP contribution in [-0.4, -0.2) is 38.3 Å². The van der Waals surface area contributed by atoms with Crippen LogP contribution in [0.15, 0.2) is 42.5 Å². The van der Waals surface area contributed by atoms with Gasteiger partial charge in [0.1, 0.15) is 11.6 Å². The average Bonchev–Trinajstić information content (AvgIpc) is 2.66. The predicted octanol–water partition coefficient (Wildman–Crippen LogP) is 3.31. The molecule has 1 amide bonds. The molecule has 0 bridgehead atoms. The van der Waals surface area contributed by atoms with Crippen LogP contribution in [0.5, 0.6) is 5.75 Å². The summed E-state index contributed by atoms with van der Waals surface area (Å²) in [4.78, 5) is 14.3. The summed E-state index contributed by atoms with van der Waals surface area (Å²) in [5.41, 5.74) is 2.12. The van der Waals surface area contributed by atoms with E-state index in [1.54, 1.807) is 13.2 Å². The van der Waals surface area contributed by atoms with Crippen molar-refractivity contribution < 1.29 is 18.7 Å². The quantitative estimate of drug-likeness (QED) is 0.828. The summed E-state index contributed by atoms with van der Waals surface area (Å²) >= 11 is 0. The Balaban J connectivity index is 1.59. The van der Waals surface area contributed by atoms with Gasteiger partial charge in [-0.2, -0.15) is 0 Å². The van der Waals surface area contributed by atoms with Crippen LogP contribution < -0.4 is 15.0 Å². The number of rotatable bonds is 6. The van der Waals surface area contributed by atoms with Crippen LogP contribution in [-0.2, 0) is 22.5 Å². The lowest BCUT2D eigenvalue weighted by atomic mass is 10.1. The number of halogens is 1. The number of morpholine rings is 1. The number of nitrogens with zero attached hydrogens (tertiary/aromatic N) is 1. The fourth-order valence-corrected chi connectivity index (χ4v) is 3.58. The van der Waals surface area contributed by atoms with Crippen molar-refractivity contribution >= 4 is 11.6 Å². The molecule has 5 nitrogen and oxygen atoms in total. The Kier molecular flexibility index (Phi) is 6.52. The average molecular weight is 386 g/mol. The standard InChI is InChI=1S/C22H27FN2O3/c1-15-13-25(14-16(2)28-15)20-9-8-17(10-19(20)23)12-24-22(26)11-18-6-4-5-7-21(18)27-3/h4-10,15-16H,11-14H2,1-3H3,(H,24,26)/t15-,16-/m0/s1. The highest BCUT2D eigenvalue weighted by Gasteiger charge is 2.24. The van der Waals surface area contributed by atoms with Gasteiger partial charge in [0.15, 0.2) is 0 Å². The first-order valence-corrected chi connectivity index (χ1v) is 9.53. The molecule has 0 radical (unpaired) electrons. The molecule has 150 valence electrons. The van der Waals surface area contributed by atoms with Crippen molar-refractivity contribution in [3.63, 3.8) is 0 Å². The number of benzene rings is 2. The summed E-state index contributed by atoms with van der Waals surface area (Å²) in [5.74, 6) is 0.268. The molecule has 2 atom stereocenters. The lowest BCUT2D eigenvalue weighted by Crippen LogP contribution is -2.45. The highest BCUT2D eigenvalue weighted by molar-refractivity contribution is 5.79. The third-order valence-corrected chi connectivity index (χ3v) is 4.81. The third kappa shape index (κ3) is 5.01. The molecule has 2 aromatic carbocycles. The van der Waals surface area contributed by atoms with Gasteiger partial charge in [-0.3, -0.25) is 4.79 Å². The molecular weight excluding hydrogens is 359 g/mol. The summed E-state index contributed by atoms with van der Waals surface area (Å²) in [6, 6.07) is 12.5. The number of hydrogen-bond donors (Lipinski definition) is 1. The topological polar surface area (TPSA) is 50.8 Å². The maximum atomic E-state index is 14.6. The number of hydrogen-bond acceptors (Lipinski definition) is 4. The van der Waals surface area contributed by atoms with Gasteiger partial charge in [0, 0.05) is 25.2 Å². The summed E-state index contributed by atoms with van der Waals surface area (Å²) in [6.45, 7) is 5.59. The van der Waals surface area contributed by atoms with Crippen LogP contribution in [0.2, 0.25) is 0 Å². The Morgan fingerprint density at radius 3 is 2.61 bits per heavy atom. The van der Waals surface area contributed by atoms with E-state index in [1.165, 1.54) is 6.07 Å². The van der Waals surface area contributed by atoms with E-state index in [0.29, 0.717) is 24.5 Å². The first-order valence-electron chi connectivity index (χ1n) is 9.53. The van der Waals surface area contributed by atoms with Gasteiger partial charge in [-0.1, -0.05) is 24.3 Å². The van der Waals surface area contributed by atoms with Gasteiger partial charge in [-0.15, -0.1) is 0 Å². The first-order chi connectivity index (χ1) is 13.5. The van der Waals surface area contributed by atoms with Gasteiger partial charge in [0.25, 0.3) is 0 Å². The smallest absolute Gasteiger partial charge is 0.224 e. The zero-order valence-corrected chi connectivity index (χ0v) is 16.6. The molecule has 2 aromatic rings. The summed E-state index contributed by atoms with van der Waals surface area (Å²) < 4.78 is 25.6. The maximum Gasteiger partial charge on any atom is 0.224 e. The van der Waals surface area contributed by atoms with E-state index in [1.807, 2.05) is 49.1 Å². The molecule has 1 fully saturated rings. The zero-order chi connectivity index (χ0) is 20.1. The van der Waals surface area contributed by atoms with E-state index in [9.17, 15) is 9.18 Å². The van der Waals surface area contributed by atoms with Gasteiger partial charge in [-0.05, 0) is 37.6 Å². The second kappa shape index (κ2) is 9.06. The fraction of sp³-hybridized carbons (Fsp3) is 0.409. The number of carbonyl (C=O) groups is 1. The lowest BCUT2D eigenvalue weighted by Gasteiger charge is -2.37. The molecule has 0 aromatic heterocycles. The van der Waals surface area contributed by atoms with Gasteiger partial charge in [0.2, 0.25) is 5.91 Å². The van der Waals surface area contributed by atoms with Crippen LogP contribution in [0.1, 0.15) is 25.0 Å². The second-order valence-electron chi connectivity index (χ2n) is 7.21. The minimum absolute atomic E-state index is 0.0668. The monoisotopic (exact) mass is 386 g/mol. The van der Waals surface area contributed by atoms with Crippen molar-refractivity contribution in [2.24, 2.45) is 0 Å². The molecule has 1 N–H and O–H groups in total. The Morgan fingerprint density at radius 1 is 1.21 bits per heavy atom. The number of anilines is 1. The van der Waals surface area contributed by atoms with E-state index in [0.717, 1.165) is 11.1 Å². The first kappa shape index (κ1) is 20.1. The lowest BCUT2D eigenvalue weighted by molar-refractivity contribution is -0.120. The van der Waals surface area contributed by atoms with Crippen molar-refractivity contribution in [3.05, 3.63) is 59.4 Å². The van der Waals surface area contributed by atoms with Crippen molar-refractivity contribution in [1.29, 1.82) is 0 Å². The minimum Gasteiger partial charge on any atom is -0.496 e. The van der Waals surface area contributed by atoms with Crippen LogP contribution in [0.3, 0.4) is 0 Å². The highest BCUT2D eigenvalue weighted by Crippen LogP contribution is 2.24. The number of nitrogens with one attached hydrogen (secondary N) is 1. The third-order valence-electron chi connectivity index (χ3n) is 4.81. The summed E-state index contributed by atoms with van der Waals surface area (Å²) in [7, 11) is 1.58. The molecule has 0 aliphatic carbocycles. The van der Waals surface area contributed by atoms with Crippen molar-refractivity contribution in [1.82, 2.24) is 5.32 Å². The Morgan fingerprint density at radius 2 is 1.93 bits per heavy atom. The van der Waals surface area contributed by atoms with Crippen LogP contribution >= 0.6 is 0 Å². The van der Waals surface area contributed by atoms with Gasteiger partial charge < -0.3 is 19.7 Å². The number of amides is 1. The number of ether oxygens (including phenoxy) is 2. The Hall–Kier alpha value is -2.60. The van der Waals surface area contributed by atoms with Crippen LogP contribution in [0.25, 0.3) is 0 Å². The SMILES string of the molecule is COc1ccccc1CC(=O)NCc1ccc(N2C[C@H](C)O[C@@H](C)C2)c(F)c1. The molecule has 1 aliphatic heterocycles. The molecule has 1 saturated heterocycles. The number of methoxy groups -OCH3 is 1. The molecule has 0 saturated carbocycles. The molecule has 1 aliphatic rings. The summed E-state index contributed by atoms with van der Waals surface area (Å²) in [6.07, 6.45) is 0.350. The number of carbonyl (C=O) groups excluding carboxylic acids is 1. The van der Waals surface area contributed by atoms with Gasteiger partial charge in [0.05, 0.1) is 31.4 Å². The largest absolute Gasteiger partial charge is 0.496 e. The normalized spacial score (nSPS) is 19.4. The maximum absolute atomic E-state index is 14.6. The Labute approximate surface area is 165 Å².